The third-order valence-corrected chi connectivity index (χ3v) is 3.55. The molecule has 0 saturated carbocycles. The van der Waals surface area contributed by atoms with Crippen molar-refractivity contribution < 1.29 is 4.42 Å². The van der Waals surface area contributed by atoms with Crippen molar-refractivity contribution in [2.75, 3.05) is 11.4 Å². The molecular weight excluding hydrogens is 278 g/mol. The molecule has 0 N–H and O–H groups in total. The van der Waals surface area contributed by atoms with Crippen LogP contribution >= 0.6 is 11.6 Å². The minimum absolute atomic E-state index is 0.443. The van der Waals surface area contributed by atoms with Crippen LogP contribution in [0.25, 0.3) is 5.78 Å². The molecule has 3 rings (SSSR count). The van der Waals surface area contributed by atoms with Gasteiger partial charge in [-0.1, -0.05) is 11.6 Å². The number of rotatable bonds is 4. The molecule has 20 heavy (non-hydrogen) atoms. The summed E-state index contributed by atoms with van der Waals surface area (Å²) in [6.45, 7) is 5.42. The lowest BCUT2D eigenvalue weighted by molar-refractivity contribution is 0.502. The molecule has 0 saturated heterocycles. The number of halogens is 1. The van der Waals surface area contributed by atoms with E-state index in [2.05, 4.69) is 26.9 Å². The van der Waals surface area contributed by atoms with E-state index in [4.69, 9.17) is 16.0 Å². The smallest absolute Gasteiger partial charge is 0.255 e. The van der Waals surface area contributed by atoms with Gasteiger partial charge in [-0.15, -0.1) is 0 Å². The second-order valence-corrected chi connectivity index (χ2v) is 4.77. The van der Waals surface area contributed by atoms with E-state index in [1.165, 1.54) is 6.33 Å². The zero-order valence-electron chi connectivity index (χ0n) is 11.2. The minimum Gasteiger partial charge on any atom is -0.467 e. The number of furan rings is 1. The van der Waals surface area contributed by atoms with Gasteiger partial charge in [0.05, 0.1) is 12.8 Å². The molecule has 3 aromatic rings. The molecule has 0 spiro atoms. The summed E-state index contributed by atoms with van der Waals surface area (Å²) in [5, 5.41) is 4.67. The van der Waals surface area contributed by atoms with Crippen molar-refractivity contribution in [2.45, 2.75) is 20.4 Å². The van der Waals surface area contributed by atoms with E-state index in [-0.39, 0.29) is 0 Å². The first kappa shape index (κ1) is 12.9. The minimum atomic E-state index is 0.443. The average molecular weight is 292 g/mol. The van der Waals surface area contributed by atoms with Crippen molar-refractivity contribution in [1.29, 1.82) is 0 Å². The molecule has 0 aliphatic carbocycles. The third kappa shape index (κ3) is 2.12. The van der Waals surface area contributed by atoms with E-state index in [0.717, 1.165) is 23.7 Å². The highest BCUT2D eigenvalue weighted by Gasteiger charge is 2.18. The Kier molecular flexibility index (Phi) is 3.31. The van der Waals surface area contributed by atoms with Gasteiger partial charge in [0.15, 0.2) is 0 Å². The molecule has 0 aliphatic heterocycles. The third-order valence-electron chi connectivity index (χ3n) is 3.18. The standard InChI is InChI=1S/C13H14ClN5O/c1-3-18(7-10-5-4-6-20-10)12-9(2)11(14)17-13-15-8-16-19(12)13/h4-6,8H,3,7H2,1-2H3. The molecule has 0 radical (unpaired) electrons. The lowest BCUT2D eigenvalue weighted by Crippen LogP contribution is -2.26. The van der Waals surface area contributed by atoms with Crippen molar-refractivity contribution in [3.8, 4) is 0 Å². The fourth-order valence-electron chi connectivity index (χ4n) is 2.18. The maximum absolute atomic E-state index is 6.19. The summed E-state index contributed by atoms with van der Waals surface area (Å²) in [5.41, 5.74) is 0.873. The van der Waals surface area contributed by atoms with Crippen molar-refractivity contribution in [1.82, 2.24) is 19.6 Å². The van der Waals surface area contributed by atoms with Gasteiger partial charge in [0, 0.05) is 12.1 Å². The monoisotopic (exact) mass is 291 g/mol. The highest BCUT2D eigenvalue weighted by Crippen LogP contribution is 2.26. The molecule has 6 nitrogen and oxygen atoms in total. The number of nitrogens with zero attached hydrogens (tertiary/aromatic N) is 5. The van der Waals surface area contributed by atoms with Crippen LogP contribution in [0, 0.1) is 6.92 Å². The predicted molar refractivity (Wildman–Crippen MR) is 76.0 cm³/mol. The van der Waals surface area contributed by atoms with Crippen molar-refractivity contribution in [3.63, 3.8) is 0 Å². The Hall–Kier alpha value is -2.08. The number of anilines is 1. The quantitative estimate of drug-likeness (QED) is 0.692. The Morgan fingerprint density at radius 3 is 3.00 bits per heavy atom. The lowest BCUT2D eigenvalue weighted by Gasteiger charge is -2.24. The van der Waals surface area contributed by atoms with Crippen LogP contribution in [-0.4, -0.2) is 26.1 Å². The van der Waals surface area contributed by atoms with Crippen LogP contribution in [-0.2, 0) is 6.54 Å². The number of hydrogen-bond acceptors (Lipinski definition) is 5. The van der Waals surface area contributed by atoms with Crippen LogP contribution in [0.15, 0.2) is 29.1 Å². The summed E-state index contributed by atoms with van der Waals surface area (Å²) < 4.78 is 7.12. The Morgan fingerprint density at radius 2 is 2.30 bits per heavy atom. The van der Waals surface area contributed by atoms with E-state index < -0.39 is 0 Å². The van der Waals surface area contributed by atoms with Gasteiger partial charge < -0.3 is 9.32 Å². The summed E-state index contributed by atoms with van der Waals surface area (Å²) in [6, 6.07) is 3.82. The maximum atomic E-state index is 6.19. The molecule has 3 aromatic heterocycles. The van der Waals surface area contributed by atoms with E-state index >= 15 is 0 Å². The zero-order chi connectivity index (χ0) is 14.1. The van der Waals surface area contributed by atoms with Gasteiger partial charge in [0.25, 0.3) is 5.78 Å². The highest BCUT2D eigenvalue weighted by atomic mass is 35.5. The molecular formula is C13H14ClN5O. The van der Waals surface area contributed by atoms with Crippen molar-refractivity contribution >= 4 is 23.2 Å². The molecule has 0 amide bonds. The number of aromatic nitrogens is 4. The highest BCUT2D eigenvalue weighted by molar-refractivity contribution is 6.30. The number of fused-ring (bicyclic) bond motifs is 1. The summed E-state index contributed by atoms with van der Waals surface area (Å²) in [4.78, 5) is 10.4. The van der Waals surface area contributed by atoms with Gasteiger partial charge in [-0.25, -0.2) is 0 Å². The SMILES string of the molecule is CCN(Cc1ccco1)c1c(C)c(Cl)nc2ncnn12. The molecule has 0 unspecified atom stereocenters. The second-order valence-electron chi connectivity index (χ2n) is 4.42. The molecule has 0 bridgehead atoms. The summed E-state index contributed by atoms with van der Waals surface area (Å²) in [6.07, 6.45) is 3.14. The fraction of sp³-hybridized carbons (Fsp3) is 0.308. The molecule has 0 atom stereocenters. The Morgan fingerprint density at radius 1 is 1.45 bits per heavy atom. The molecule has 104 valence electrons. The zero-order valence-corrected chi connectivity index (χ0v) is 12.0. The second kappa shape index (κ2) is 5.13. The van der Waals surface area contributed by atoms with Gasteiger partial charge in [-0.3, -0.25) is 0 Å². The molecule has 3 heterocycles. The molecule has 0 fully saturated rings. The first-order valence-corrected chi connectivity index (χ1v) is 6.71. The van der Waals surface area contributed by atoms with Gasteiger partial charge in [-0.05, 0) is 26.0 Å². The van der Waals surface area contributed by atoms with Crippen molar-refractivity contribution in [3.05, 3.63) is 41.2 Å². The largest absolute Gasteiger partial charge is 0.467 e. The van der Waals surface area contributed by atoms with Crippen LogP contribution in [0.5, 0.6) is 0 Å². The van der Waals surface area contributed by atoms with E-state index in [0.29, 0.717) is 17.5 Å². The fourth-order valence-corrected chi connectivity index (χ4v) is 2.34. The van der Waals surface area contributed by atoms with E-state index in [1.54, 1.807) is 10.8 Å². The first-order chi connectivity index (χ1) is 9.70. The summed E-state index contributed by atoms with van der Waals surface area (Å²) >= 11 is 6.19. The summed E-state index contributed by atoms with van der Waals surface area (Å²) in [7, 11) is 0. The lowest BCUT2D eigenvalue weighted by atomic mass is 10.3. The maximum Gasteiger partial charge on any atom is 0.255 e. The van der Waals surface area contributed by atoms with Gasteiger partial charge >= 0.3 is 0 Å². The Bertz CT molecular complexity index is 722. The Labute approximate surface area is 121 Å². The predicted octanol–water partition coefficient (Wildman–Crippen LogP) is 2.71. The van der Waals surface area contributed by atoms with Crippen LogP contribution in [0.1, 0.15) is 18.2 Å². The first-order valence-electron chi connectivity index (χ1n) is 6.34. The van der Waals surface area contributed by atoms with Gasteiger partial charge in [0.1, 0.15) is 23.1 Å². The summed E-state index contributed by atoms with van der Waals surface area (Å²) in [5.74, 6) is 2.26. The van der Waals surface area contributed by atoms with E-state index in [1.807, 2.05) is 19.1 Å². The molecule has 0 aromatic carbocycles. The van der Waals surface area contributed by atoms with Crippen LogP contribution in [0.3, 0.4) is 0 Å². The topological polar surface area (TPSA) is 59.5 Å². The van der Waals surface area contributed by atoms with E-state index in [9.17, 15) is 0 Å². The Balaban J connectivity index is 2.10. The van der Waals surface area contributed by atoms with Crippen molar-refractivity contribution in [2.24, 2.45) is 0 Å². The average Bonchev–Trinajstić information content (AvgIpc) is 3.09. The molecule has 0 aliphatic rings. The van der Waals surface area contributed by atoms with Gasteiger partial charge in [-0.2, -0.15) is 19.6 Å². The van der Waals surface area contributed by atoms with Crippen LogP contribution in [0.2, 0.25) is 5.15 Å². The van der Waals surface area contributed by atoms with Crippen LogP contribution in [0.4, 0.5) is 5.82 Å². The molecule has 7 heteroatoms. The van der Waals surface area contributed by atoms with Gasteiger partial charge in [0.2, 0.25) is 0 Å². The number of hydrogen-bond donors (Lipinski definition) is 0. The van der Waals surface area contributed by atoms with Crippen LogP contribution < -0.4 is 4.90 Å². The normalized spacial score (nSPS) is 11.2.